The highest BCUT2D eigenvalue weighted by molar-refractivity contribution is 5.47. The van der Waals surface area contributed by atoms with E-state index in [1.807, 2.05) is 13.8 Å². The average molecular weight is 143 g/mol. The molecule has 2 atom stereocenters. The van der Waals surface area contributed by atoms with Gasteiger partial charge in [0.1, 0.15) is 0 Å². The molecule has 1 rings (SSSR count). The first kappa shape index (κ1) is 7.54. The molecule has 10 heavy (non-hydrogen) atoms. The van der Waals surface area contributed by atoms with E-state index in [9.17, 15) is 4.79 Å². The van der Waals surface area contributed by atoms with E-state index in [1.165, 1.54) is 0 Å². The van der Waals surface area contributed by atoms with E-state index in [1.54, 1.807) is 4.90 Å². The predicted octanol–water partition coefficient (Wildman–Crippen LogP) is 0.252. The van der Waals surface area contributed by atoms with Crippen molar-refractivity contribution in [1.29, 1.82) is 0 Å². The van der Waals surface area contributed by atoms with Crippen LogP contribution in [0.5, 0.6) is 0 Å². The Kier molecular flexibility index (Phi) is 2.27. The Morgan fingerprint density at radius 3 is 2.30 bits per heavy atom. The van der Waals surface area contributed by atoms with Crippen LogP contribution in [0.4, 0.5) is 0 Å². The van der Waals surface area contributed by atoms with Crippen LogP contribution < -0.4 is 0 Å². The number of carbonyl (C=O) groups excluding carboxylic acids is 1. The second-order valence-electron chi connectivity index (χ2n) is 2.82. The van der Waals surface area contributed by atoms with Gasteiger partial charge >= 0.3 is 0 Å². The summed E-state index contributed by atoms with van der Waals surface area (Å²) in [6.07, 6.45) is 1.26. The van der Waals surface area contributed by atoms with E-state index in [0.29, 0.717) is 0 Å². The van der Waals surface area contributed by atoms with Gasteiger partial charge in [-0.05, 0) is 13.8 Å². The van der Waals surface area contributed by atoms with E-state index >= 15 is 0 Å². The molecule has 1 amide bonds. The summed E-state index contributed by atoms with van der Waals surface area (Å²) in [6, 6.07) is 0. The summed E-state index contributed by atoms with van der Waals surface area (Å²) in [5, 5.41) is 0. The molecule has 1 aliphatic heterocycles. The van der Waals surface area contributed by atoms with E-state index < -0.39 is 0 Å². The number of amides is 1. The molecule has 0 aromatic rings. The number of nitrogens with zero attached hydrogens (tertiary/aromatic N) is 1. The minimum atomic E-state index is 0.189. The molecule has 0 saturated carbocycles. The SMILES string of the molecule is CC1CN(C=O)CC(C)O1. The van der Waals surface area contributed by atoms with Gasteiger partial charge in [-0.1, -0.05) is 0 Å². The van der Waals surface area contributed by atoms with Crippen LogP contribution in [0, 0.1) is 0 Å². The highest BCUT2D eigenvalue weighted by atomic mass is 16.5. The second kappa shape index (κ2) is 3.01. The topological polar surface area (TPSA) is 29.5 Å². The third-order valence-electron chi connectivity index (χ3n) is 1.60. The van der Waals surface area contributed by atoms with Crippen molar-refractivity contribution in [3.8, 4) is 0 Å². The lowest BCUT2D eigenvalue weighted by atomic mass is 10.2. The van der Waals surface area contributed by atoms with Crippen LogP contribution in [0.2, 0.25) is 0 Å². The van der Waals surface area contributed by atoms with Gasteiger partial charge in [0.2, 0.25) is 6.41 Å². The summed E-state index contributed by atoms with van der Waals surface area (Å²) in [6.45, 7) is 5.42. The Morgan fingerprint density at radius 1 is 1.40 bits per heavy atom. The maximum Gasteiger partial charge on any atom is 0.209 e. The first-order chi connectivity index (χ1) is 4.72. The van der Waals surface area contributed by atoms with Crippen LogP contribution in [0.1, 0.15) is 13.8 Å². The molecule has 0 N–H and O–H groups in total. The second-order valence-corrected chi connectivity index (χ2v) is 2.82. The summed E-state index contributed by atoms with van der Waals surface area (Å²) in [5.74, 6) is 0. The Hall–Kier alpha value is -0.570. The average Bonchev–Trinajstić information content (AvgIpc) is 1.85. The summed E-state index contributed by atoms with van der Waals surface area (Å²) in [7, 11) is 0. The highest BCUT2D eigenvalue weighted by Crippen LogP contribution is 2.07. The van der Waals surface area contributed by atoms with Crippen LogP contribution in [0.25, 0.3) is 0 Å². The lowest BCUT2D eigenvalue weighted by Crippen LogP contribution is -2.44. The van der Waals surface area contributed by atoms with E-state index in [-0.39, 0.29) is 12.2 Å². The van der Waals surface area contributed by atoms with E-state index in [2.05, 4.69) is 0 Å². The van der Waals surface area contributed by atoms with E-state index in [0.717, 1.165) is 19.5 Å². The van der Waals surface area contributed by atoms with Gasteiger partial charge in [-0.15, -0.1) is 0 Å². The lowest BCUT2D eigenvalue weighted by molar-refractivity contribution is -0.130. The van der Waals surface area contributed by atoms with Crippen molar-refractivity contribution < 1.29 is 9.53 Å². The molecule has 2 unspecified atom stereocenters. The molecule has 0 aliphatic carbocycles. The van der Waals surface area contributed by atoms with Gasteiger partial charge in [-0.3, -0.25) is 4.79 Å². The van der Waals surface area contributed by atoms with Crippen molar-refractivity contribution >= 4 is 6.41 Å². The normalized spacial score (nSPS) is 34.0. The zero-order valence-corrected chi connectivity index (χ0v) is 6.41. The predicted molar refractivity (Wildman–Crippen MR) is 37.6 cm³/mol. The Labute approximate surface area is 61.0 Å². The monoisotopic (exact) mass is 143 g/mol. The summed E-state index contributed by atoms with van der Waals surface area (Å²) in [5.41, 5.74) is 0. The van der Waals surface area contributed by atoms with Crippen molar-refractivity contribution in [3.05, 3.63) is 0 Å². The number of hydrogen-bond donors (Lipinski definition) is 0. The standard InChI is InChI=1S/C7H13NO2/c1-6-3-8(5-9)4-7(2)10-6/h5-7H,3-4H2,1-2H3. The maximum atomic E-state index is 10.3. The number of morpholine rings is 1. The minimum Gasteiger partial charge on any atom is -0.372 e. The lowest BCUT2D eigenvalue weighted by Gasteiger charge is -2.32. The third-order valence-corrected chi connectivity index (χ3v) is 1.60. The number of hydrogen-bond acceptors (Lipinski definition) is 2. The molecule has 3 heteroatoms. The van der Waals surface area contributed by atoms with Gasteiger partial charge < -0.3 is 9.64 Å². The summed E-state index contributed by atoms with van der Waals surface area (Å²) >= 11 is 0. The largest absolute Gasteiger partial charge is 0.372 e. The van der Waals surface area contributed by atoms with Gasteiger partial charge in [0.15, 0.2) is 0 Å². The fourth-order valence-electron chi connectivity index (χ4n) is 1.30. The Bertz CT molecular complexity index is 117. The van der Waals surface area contributed by atoms with Crippen LogP contribution in [-0.2, 0) is 9.53 Å². The molecule has 0 bridgehead atoms. The van der Waals surface area contributed by atoms with E-state index in [4.69, 9.17) is 4.74 Å². The van der Waals surface area contributed by atoms with Crippen molar-refractivity contribution in [3.63, 3.8) is 0 Å². The van der Waals surface area contributed by atoms with Crippen LogP contribution in [0.15, 0.2) is 0 Å². The van der Waals surface area contributed by atoms with Crippen LogP contribution >= 0.6 is 0 Å². The molecule has 1 aliphatic rings. The molecule has 1 heterocycles. The molecule has 0 aromatic heterocycles. The van der Waals surface area contributed by atoms with Gasteiger partial charge in [0.25, 0.3) is 0 Å². The van der Waals surface area contributed by atoms with Gasteiger partial charge in [0.05, 0.1) is 12.2 Å². The molecule has 0 radical (unpaired) electrons. The van der Waals surface area contributed by atoms with Crippen LogP contribution in [0.3, 0.4) is 0 Å². The van der Waals surface area contributed by atoms with Gasteiger partial charge in [-0.25, -0.2) is 0 Å². The molecule has 0 spiro atoms. The third kappa shape index (κ3) is 1.70. The van der Waals surface area contributed by atoms with Crippen molar-refractivity contribution in [2.75, 3.05) is 13.1 Å². The fourth-order valence-corrected chi connectivity index (χ4v) is 1.30. The Balaban J connectivity index is 2.42. The number of carbonyl (C=O) groups is 1. The van der Waals surface area contributed by atoms with Crippen molar-refractivity contribution in [2.45, 2.75) is 26.1 Å². The van der Waals surface area contributed by atoms with Gasteiger partial charge in [0, 0.05) is 13.1 Å². The first-order valence-electron chi connectivity index (χ1n) is 3.57. The molecular formula is C7H13NO2. The van der Waals surface area contributed by atoms with Crippen molar-refractivity contribution in [2.24, 2.45) is 0 Å². The minimum absolute atomic E-state index is 0.189. The molecule has 3 nitrogen and oxygen atoms in total. The van der Waals surface area contributed by atoms with Crippen LogP contribution in [-0.4, -0.2) is 36.6 Å². The molecule has 0 aromatic carbocycles. The number of ether oxygens (including phenoxy) is 1. The highest BCUT2D eigenvalue weighted by Gasteiger charge is 2.20. The zero-order valence-electron chi connectivity index (χ0n) is 6.41. The molecule has 1 saturated heterocycles. The maximum absolute atomic E-state index is 10.3. The molecule has 1 fully saturated rings. The summed E-state index contributed by atoms with van der Waals surface area (Å²) < 4.78 is 5.42. The fraction of sp³-hybridized carbons (Fsp3) is 0.857. The molecule has 58 valence electrons. The Morgan fingerprint density at radius 2 is 1.90 bits per heavy atom. The van der Waals surface area contributed by atoms with Gasteiger partial charge in [-0.2, -0.15) is 0 Å². The number of rotatable bonds is 1. The first-order valence-corrected chi connectivity index (χ1v) is 3.57. The quantitative estimate of drug-likeness (QED) is 0.492. The zero-order chi connectivity index (χ0) is 7.56. The summed E-state index contributed by atoms with van der Waals surface area (Å²) in [4.78, 5) is 12.1. The molecular weight excluding hydrogens is 130 g/mol. The smallest absolute Gasteiger partial charge is 0.209 e. The van der Waals surface area contributed by atoms with Crippen molar-refractivity contribution in [1.82, 2.24) is 4.90 Å².